The predicted molar refractivity (Wildman–Crippen MR) is 97.3 cm³/mol. The molecule has 5 heteroatoms. The molecule has 2 rings (SSSR count). The zero-order valence-corrected chi connectivity index (χ0v) is 18.0. The van der Waals surface area contributed by atoms with Crippen molar-refractivity contribution in [3.8, 4) is 11.3 Å². The largest absolute Gasteiger partial charge is 0.393 e. The van der Waals surface area contributed by atoms with E-state index in [1.165, 1.54) is 0 Å². The van der Waals surface area contributed by atoms with Crippen LogP contribution in [0.3, 0.4) is 0 Å². The first-order chi connectivity index (χ1) is 11.3. The minimum atomic E-state index is -0.368. The molecule has 4 nitrogen and oxygen atoms in total. The summed E-state index contributed by atoms with van der Waals surface area (Å²) in [5, 5.41) is 18.8. The molecule has 1 aromatic heterocycles. The van der Waals surface area contributed by atoms with Crippen molar-refractivity contribution in [2.75, 3.05) is 0 Å². The zero-order chi connectivity index (χ0) is 18.1. The van der Waals surface area contributed by atoms with Gasteiger partial charge in [0.15, 0.2) is 0 Å². The number of aliphatic hydroxyl groups excluding tert-OH is 2. The number of hydrogen-bond acceptors (Lipinski definition) is 4. The quantitative estimate of drug-likeness (QED) is 0.590. The molecule has 2 unspecified atom stereocenters. The van der Waals surface area contributed by atoms with Gasteiger partial charge in [0.2, 0.25) is 0 Å². The summed E-state index contributed by atoms with van der Waals surface area (Å²) in [5.41, 5.74) is 2.83. The van der Waals surface area contributed by atoms with E-state index in [0.717, 1.165) is 17.0 Å². The average molecular weight is 522 g/mol. The van der Waals surface area contributed by atoms with Crippen molar-refractivity contribution in [3.63, 3.8) is 0 Å². The van der Waals surface area contributed by atoms with Crippen LogP contribution < -0.4 is 0 Å². The number of benzene rings is 1. The second-order valence-corrected chi connectivity index (χ2v) is 6.63. The van der Waals surface area contributed by atoms with Gasteiger partial charge >= 0.3 is 0 Å². The maximum absolute atomic E-state index is 9.39. The van der Waals surface area contributed by atoms with Gasteiger partial charge in [-0.1, -0.05) is 27.7 Å². The fourth-order valence-electron chi connectivity index (χ4n) is 2.00. The smallest absolute Gasteiger partial charge is 0.0587 e. The topological polar surface area (TPSA) is 66.2 Å². The molecule has 0 aliphatic carbocycles. The maximum atomic E-state index is 9.39. The Balaban J connectivity index is 0.000000451. The van der Waals surface area contributed by atoms with Gasteiger partial charge in [-0.3, -0.25) is 4.98 Å². The third-order valence-electron chi connectivity index (χ3n) is 3.87. The first kappa shape index (κ1) is 23.9. The number of aryl methyl sites for hydroxylation is 1. The minimum Gasteiger partial charge on any atom is -0.393 e. The molecule has 0 amide bonds. The van der Waals surface area contributed by atoms with E-state index in [9.17, 15) is 10.2 Å². The van der Waals surface area contributed by atoms with Crippen LogP contribution in [0, 0.1) is 24.8 Å². The molecule has 0 aliphatic heterocycles. The molecule has 0 spiro atoms. The van der Waals surface area contributed by atoms with Gasteiger partial charge in [0.1, 0.15) is 0 Å². The van der Waals surface area contributed by atoms with Crippen molar-refractivity contribution in [1.82, 2.24) is 9.97 Å². The number of nitrogens with zero attached hydrogens (tertiary/aromatic N) is 2. The van der Waals surface area contributed by atoms with E-state index in [2.05, 4.69) is 16.0 Å². The van der Waals surface area contributed by atoms with Gasteiger partial charge in [0.05, 0.1) is 12.2 Å². The van der Waals surface area contributed by atoms with Crippen LogP contribution in [-0.4, -0.2) is 32.4 Å². The summed E-state index contributed by atoms with van der Waals surface area (Å²) in [7, 11) is 0. The van der Waals surface area contributed by atoms with E-state index < -0.39 is 0 Å². The third-order valence-corrected chi connectivity index (χ3v) is 3.87. The molecule has 0 fully saturated rings. The van der Waals surface area contributed by atoms with Crippen LogP contribution >= 0.6 is 0 Å². The van der Waals surface area contributed by atoms with Gasteiger partial charge in [-0.25, -0.2) is 0 Å². The van der Waals surface area contributed by atoms with Crippen molar-refractivity contribution < 1.29 is 30.3 Å². The first-order valence-corrected chi connectivity index (χ1v) is 8.43. The van der Waals surface area contributed by atoms with Gasteiger partial charge in [-0.15, -0.1) is 35.9 Å². The fourth-order valence-corrected chi connectivity index (χ4v) is 2.00. The van der Waals surface area contributed by atoms with Crippen LogP contribution in [0.25, 0.3) is 11.3 Å². The van der Waals surface area contributed by atoms with Crippen molar-refractivity contribution in [2.24, 2.45) is 11.8 Å². The van der Waals surface area contributed by atoms with Gasteiger partial charge in [-0.2, -0.15) is 0 Å². The van der Waals surface area contributed by atoms with E-state index in [1.54, 1.807) is 12.4 Å². The normalized spacial score (nSPS) is 12.8. The van der Waals surface area contributed by atoms with E-state index >= 15 is 0 Å². The van der Waals surface area contributed by atoms with E-state index in [4.69, 9.17) is 0 Å². The maximum Gasteiger partial charge on any atom is 0.0587 e. The molecular formula is C20H29IrN2O2-. The average Bonchev–Trinajstić information content (AvgIpc) is 2.56. The van der Waals surface area contributed by atoms with Gasteiger partial charge in [-0.05, 0) is 25.2 Å². The van der Waals surface area contributed by atoms with Crippen LogP contribution in [0.5, 0.6) is 0 Å². The SMILES string of the molecule is CC(C)C(O)CC(O)C(C)C.Cc1nccnc1-c1[c-]cccc1.[Ir]. The molecule has 141 valence electrons. The van der Waals surface area contributed by atoms with Crippen LogP contribution in [0.15, 0.2) is 36.7 Å². The standard InChI is InChI=1S/C11H9N2.C9H20O2.Ir/c1-9-11(13-8-7-12-9)10-5-3-2-4-6-10;1-6(2)8(10)5-9(11)7(3)4;/h2-5,7-8H,1H3;6-11H,5H2,1-4H3;/q-1;;. The Morgan fingerprint density at radius 2 is 1.52 bits per heavy atom. The Kier molecular flexibility index (Phi) is 11.7. The zero-order valence-electron chi connectivity index (χ0n) is 15.6. The summed E-state index contributed by atoms with van der Waals surface area (Å²) in [4.78, 5) is 8.43. The summed E-state index contributed by atoms with van der Waals surface area (Å²) in [6.07, 6.45) is 3.15. The van der Waals surface area contributed by atoms with Crippen LogP contribution in [0.4, 0.5) is 0 Å². The Bertz CT molecular complexity index is 579. The molecule has 2 atom stereocenters. The van der Waals surface area contributed by atoms with Crippen molar-refractivity contribution >= 4 is 0 Å². The second-order valence-electron chi connectivity index (χ2n) is 6.63. The van der Waals surface area contributed by atoms with Crippen molar-refractivity contribution in [2.45, 2.75) is 53.2 Å². The molecular weight excluding hydrogens is 492 g/mol. The second kappa shape index (κ2) is 12.3. The minimum absolute atomic E-state index is 0. The predicted octanol–water partition coefficient (Wildman–Crippen LogP) is 3.66. The summed E-state index contributed by atoms with van der Waals surface area (Å²) in [5.74, 6) is 0.479. The molecule has 1 heterocycles. The number of rotatable bonds is 5. The molecule has 1 aromatic carbocycles. The summed E-state index contributed by atoms with van der Waals surface area (Å²) in [6.45, 7) is 9.77. The number of hydrogen-bond donors (Lipinski definition) is 2. The molecule has 1 radical (unpaired) electrons. The number of aliphatic hydroxyl groups is 2. The summed E-state index contributed by atoms with van der Waals surface area (Å²) in [6, 6.07) is 10.9. The molecule has 0 saturated carbocycles. The van der Waals surface area contributed by atoms with Crippen molar-refractivity contribution in [3.05, 3.63) is 48.4 Å². The molecule has 25 heavy (non-hydrogen) atoms. The van der Waals surface area contributed by atoms with Crippen LogP contribution in [0.1, 0.15) is 39.8 Å². The molecule has 2 aromatic rings. The molecule has 2 N–H and O–H groups in total. The van der Waals surface area contributed by atoms with Gasteiger partial charge < -0.3 is 15.2 Å². The van der Waals surface area contributed by atoms with Crippen LogP contribution in [-0.2, 0) is 20.1 Å². The molecule has 0 aliphatic rings. The van der Waals surface area contributed by atoms with Crippen LogP contribution in [0.2, 0.25) is 0 Å². The first-order valence-electron chi connectivity index (χ1n) is 8.43. The monoisotopic (exact) mass is 522 g/mol. The Hall–Kier alpha value is -1.13. The third kappa shape index (κ3) is 8.68. The number of aromatic nitrogens is 2. The molecule has 0 bridgehead atoms. The Morgan fingerprint density at radius 1 is 0.960 bits per heavy atom. The van der Waals surface area contributed by atoms with Gasteiger partial charge in [0, 0.05) is 43.9 Å². The van der Waals surface area contributed by atoms with Gasteiger partial charge in [0.25, 0.3) is 0 Å². The summed E-state index contributed by atoms with van der Waals surface area (Å²) >= 11 is 0. The Morgan fingerprint density at radius 3 is 1.96 bits per heavy atom. The van der Waals surface area contributed by atoms with E-state index in [0.29, 0.717) is 6.42 Å². The fraction of sp³-hybridized carbons (Fsp3) is 0.500. The van der Waals surface area contributed by atoms with E-state index in [-0.39, 0.29) is 44.1 Å². The van der Waals surface area contributed by atoms with E-state index in [1.807, 2.05) is 58.9 Å². The van der Waals surface area contributed by atoms with Crippen molar-refractivity contribution in [1.29, 1.82) is 0 Å². The summed E-state index contributed by atoms with van der Waals surface area (Å²) < 4.78 is 0. The molecule has 0 saturated heterocycles. The Labute approximate surface area is 165 Å².